The number of thiophene rings is 1. The lowest BCUT2D eigenvalue weighted by Gasteiger charge is -2.08. The van der Waals surface area contributed by atoms with Crippen LogP contribution >= 0.6 is 22.9 Å². The van der Waals surface area contributed by atoms with E-state index in [9.17, 15) is 9.18 Å². The average Bonchev–Trinajstić information content (AvgIpc) is 3.29. The van der Waals surface area contributed by atoms with Crippen LogP contribution in [-0.2, 0) is 17.8 Å². The molecule has 2 aromatic heterocycles. The van der Waals surface area contributed by atoms with Gasteiger partial charge in [0.25, 0.3) is 0 Å². The van der Waals surface area contributed by atoms with E-state index >= 15 is 0 Å². The molecule has 3 aromatic carbocycles. The fraction of sp³-hybridized carbons (Fsp3) is 0.115. The van der Waals surface area contributed by atoms with Crippen molar-refractivity contribution in [3.05, 3.63) is 94.2 Å². The number of carbonyl (C=O) groups is 1. The minimum Gasteiger partial charge on any atom is -0.343 e. The van der Waals surface area contributed by atoms with Gasteiger partial charge < -0.3 is 4.57 Å². The van der Waals surface area contributed by atoms with E-state index in [0.717, 1.165) is 38.0 Å². The van der Waals surface area contributed by atoms with Crippen molar-refractivity contribution in [3.8, 4) is 11.1 Å². The lowest BCUT2D eigenvalue weighted by molar-refractivity contribution is -0.116. The van der Waals surface area contributed by atoms with Gasteiger partial charge in [0.2, 0.25) is 0 Å². The SMILES string of the molecule is CC(=O)Cc1cn(Cc2csc3ccc(Cl)cc23)c2cc(-c3ccc(F)cc3)ccc12. The van der Waals surface area contributed by atoms with Crippen molar-refractivity contribution >= 4 is 49.7 Å². The summed E-state index contributed by atoms with van der Waals surface area (Å²) in [7, 11) is 0. The predicted molar refractivity (Wildman–Crippen MR) is 128 cm³/mol. The molecule has 0 fully saturated rings. The first-order chi connectivity index (χ1) is 15.0. The zero-order valence-corrected chi connectivity index (χ0v) is 18.4. The quantitative estimate of drug-likeness (QED) is 0.273. The first-order valence-electron chi connectivity index (χ1n) is 10.0. The highest BCUT2D eigenvalue weighted by atomic mass is 35.5. The minimum atomic E-state index is -0.250. The average molecular weight is 448 g/mol. The van der Waals surface area contributed by atoms with Gasteiger partial charge in [-0.2, -0.15) is 0 Å². The van der Waals surface area contributed by atoms with Crippen LogP contribution in [0.15, 0.2) is 72.2 Å². The number of fused-ring (bicyclic) bond motifs is 2. The highest BCUT2D eigenvalue weighted by Crippen LogP contribution is 2.32. The molecule has 0 aliphatic rings. The number of benzene rings is 3. The lowest BCUT2D eigenvalue weighted by Crippen LogP contribution is -1.98. The molecule has 0 spiro atoms. The fourth-order valence-electron chi connectivity index (χ4n) is 4.09. The number of hydrogen-bond acceptors (Lipinski definition) is 2. The first-order valence-corrected chi connectivity index (χ1v) is 11.3. The summed E-state index contributed by atoms with van der Waals surface area (Å²) in [6, 6.07) is 18.7. The molecular formula is C26H19ClFNOS. The maximum atomic E-state index is 13.4. The number of nitrogens with zero attached hydrogens (tertiary/aromatic N) is 1. The Kier molecular flexibility index (Phi) is 5.12. The normalized spacial score (nSPS) is 11.5. The second-order valence-electron chi connectivity index (χ2n) is 7.80. The summed E-state index contributed by atoms with van der Waals surface area (Å²) < 4.78 is 16.8. The monoisotopic (exact) mass is 447 g/mol. The molecule has 0 bridgehead atoms. The molecule has 2 heterocycles. The third kappa shape index (κ3) is 3.89. The van der Waals surface area contributed by atoms with E-state index in [1.807, 2.05) is 24.3 Å². The number of carbonyl (C=O) groups excluding carboxylic acids is 1. The Bertz CT molecular complexity index is 1430. The molecule has 5 rings (SSSR count). The fourth-order valence-corrected chi connectivity index (χ4v) is 5.20. The van der Waals surface area contributed by atoms with E-state index in [1.54, 1.807) is 30.4 Å². The van der Waals surface area contributed by atoms with Crippen molar-refractivity contribution in [2.45, 2.75) is 19.9 Å². The van der Waals surface area contributed by atoms with E-state index in [4.69, 9.17) is 11.6 Å². The number of ketones is 1. The smallest absolute Gasteiger partial charge is 0.134 e. The second-order valence-corrected chi connectivity index (χ2v) is 9.15. The van der Waals surface area contributed by atoms with Gasteiger partial charge >= 0.3 is 0 Å². The molecule has 31 heavy (non-hydrogen) atoms. The van der Waals surface area contributed by atoms with Crippen LogP contribution in [0.4, 0.5) is 4.39 Å². The molecule has 0 saturated heterocycles. The van der Waals surface area contributed by atoms with Gasteiger partial charge in [0, 0.05) is 39.8 Å². The molecule has 0 amide bonds. The van der Waals surface area contributed by atoms with E-state index in [-0.39, 0.29) is 11.6 Å². The van der Waals surface area contributed by atoms with Crippen LogP contribution in [-0.4, -0.2) is 10.4 Å². The maximum absolute atomic E-state index is 13.4. The molecule has 0 radical (unpaired) electrons. The molecule has 154 valence electrons. The second kappa shape index (κ2) is 7.95. The number of rotatable bonds is 5. The third-order valence-electron chi connectivity index (χ3n) is 5.54. The summed E-state index contributed by atoms with van der Waals surface area (Å²) in [5, 5.41) is 5.11. The van der Waals surface area contributed by atoms with Gasteiger partial charge in [-0.15, -0.1) is 11.3 Å². The van der Waals surface area contributed by atoms with Crippen LogP contribution in [0.1, 0.15) is 18.1 Å². The third-order valence-corrected chi connectivity index (χ3v) is 6.79. The summed E-state index contributed by atoms with van der Waals surface area (Å²) in [4.78, 5) is 11.9. The highest BCUT2D eigenvalue weighted by Gasteiger charge is 2.14. The molecular weight excluding hydrogens is 429 g/mol. The Morgan fingerprint density at radius 3 is 2.52 bits per heavy atom. The lowest BCUT2D eigenvalue weighted by atomic mass is 10.0. The first kappa shape index (κ1) is 20.0. The zero-order valence-electron chi connectivity index (χ0n) is 16.9. The molecule has 0 aliphatic heterocycles. The van der Waals surface area contributed by atoms with Crippen LogP contribution in [0.2, 0.25) is 5.02 Å². The van der Waals surface area contributed by atoms with Crippen LogP contribution in [0.3, 0.4) is 0 Å². The van der Waals surface area contributed by atoms with Gasteiger partial charge in [0.05, 0.1) is 0 Å². The van der Waals surface area contributed by atoms with Crippen LogP contribution < -0.4 is 0 Å². The topological polar surface area (TPSA) is 22.0 Å². The van der Waals surface area contributed by atoms with Crippen molar-refractivity contribution < 1.29 is 9.18 Å². The molecule has 2 nitrogen and oxygen atoms in total. The Morgan fingerprint density at radius 2 is 1.74 bits per heavy atom. The van der Waals surface area contributed by atoms with Gasteiger partial charge in [-0.25, -0.2) is 4.39 Å². The number of aromatic nitrogens is 1. The van der Waals surface area contributed by atoms with E-state index in [0.29, 0.717) is 13.0 Å². The van der Waals surface area contributed by atoms with Crippen molar-refractivity contribution in [2.24, 2.45) is 0 Å². The Balaban J connectivity index is 1.64. The summed E-state index contributed by atoms with van der Waals surface area (Å²) in [6.07, 6.45) is 2.48. The number of Topliss-reactive ketones (excluding diaryl/α,β-unsaturated/α-hetero) is 1. The summed E-state index contributed by atoms with van der Waals surface area (Å²) >= 11 is 7.94. The summed E-state index contributed by atoms with van der Waals surface area (Å²) in [5.41, 5.74) is 5.24. The molecule has 5 heteroatoms. The van der Waals surface area contributed by atoms with Crippen molar-refractivity contribution in [1.82, 2.24) is 4.57 Å². The summed E-state index contributed by atoms with van der Waals surface area (Å²) in [5.74, 6) is -0.116. The van der Waals surface area contributed by atoms with Crippen LogP contribution in [0.5, 0.6) is 0 Å². The number of halogens is 2. The molecule has 0 aliphatic carbocycles. The van der Waals surface area contributed by atoms with Gasteiger partial charge in [-0.3, -0.25) is 4.79 Å². The largest absolute Gasteiger partial charge is 0.343 e. The molecule has 0 atom stereocenters. The molecule has 0 saturated carbocycles. The molecule has 5 aromatic rings. The molecule has 0 N–H and O–H groups in total. The van der Waals surface area contributed by atoms with Gasteiger partial charge in [0.1, 0.15) is 11.6 Å². The summed E-state index contributed by atoms with van der Waals surface area (Å²) in [6.45, 7) is 2.30. The van der Waals surface area contributed by atoms with Gasteiger partial charge in [0.15, 0.2) is 0 Å². The Hall–Kier alpha value is -2.95. The minimum absolute atomic E-state index is 0.134. The van der Waals surface area contributed by atoms with Crippen molar-refractivity contribution in [1.29, 1.82) is 0 Å². The van der Waals surface area contributed by atoms with E-state index in [1.165, 1.54) is 22.4 Å². The number of hydrogen-bond donors (Lipinski definition) is 0. The van der Waals surface area contributed by atoms with Crippen LogP contribution in [0.25, 0.3) is 32.1 Å². The van der Waals surface area contributed by atoms with E-state index < -0.39 is 0 Å². The standard InChI is InChI=1S/C26H19ClFNOS/c1-16(30)10-19-13-29(14-20-15-31-26-9-5-21(27)12-24(20)26)25-11-18(4-8-23(19)25)17-2-6-22(28)7-3-17/h2-9,11-13,15H,10,14H2,1H3. The van der Waals surface area contributed by atoms with Gasteiger partial charge in [-0.1, -0.05) is 35.9 Å². The highest BCUT2D eigenvalue weighted by molar-refractivity contribution is 7.17. The Labute approximate surface area is 188 Å². The molecule has 0 unspecified atom stereocenters. The van der Waals surface area contributed by atoms with E-state index in [2.05, 4.69) is 28.3 Å². The zero-order chi connectivity index (χ0) is 21.5. The predicted octanol–water partition coefficient (Wildman–Crippen LogP) is 7.50. The maximum Gasteiger partial charge on any atom is 0.134 e. The van der Waals surface area contributed by atoms with Crippen molar-refractivity contribution in [2.75, 3.05) is 0 Å². The van der Waals surface area contributed by atoms with Crippen molar-refractivity contribution in [3.63, 3.8) is 0 Å². The Morgan fingerprint density at radius 1 is 0.968 bits per heavy atom. The van der Waals surface area contributed by atoms with Gasteiger partial charge in [-0.05, 0) is 76.3 Å². The van der Waals surface area contributed by atoms with Crippen LogP contribution in [0, 0.1) is 5.82 Å².